The summed E-state index contributed by atoms with van der Waals surface area (Å²) < 4.78 is 0. The van der Waals surface area contributed by atoms with E-state index < -0.39 is 0 Å². The fourth-order valence-electron chi connectivity index (χ4n) is 7.86. The number of rotatable bonds is 6. The predicted molar refractivity (Wildman–Crippen MR) is 213 cm³/mol. The zero-order valence-corrected chi connectivity index (χ0v) is 28.6. The van der Waals surface area contributed by atoms with E-state index in [1.807, 2.05) is 0 Å². The van der Waals surface area contributed by atoms with E-state index in [9.17, 15) is 0 Å². The summed E-state index contributed by atoms with van der Waals surface area (Å²) >= 11 is 0. The van der Waals surface area contributed by atoms with Crippen LogP contribution in [0, 0.1) is 6.92 Å². The SMILES string of the molecule is Cc1ccc(N(c2ccc3c(c2)C(C)(C)c2cc(N(c4ccccc4)c4cccc5ccccc45)ccc2-3)c2ccc3ccccc3c2)cc1. The Morgan fingerprint density at radius 3 is 1.62 bits per heavy atom. The topological polar surface area (TPSA) is 6.48 Å². The van der Waals surface area contributed by atoms with Gasteiger partial charge in [-0.25, -0.2) is 0 Å². The molecule has 0 spiro atoms. The van der Waals surface area contributed by atoms with Crippen LogP contribution >= 0.6 is 0 Å². The molecule has 0 radical (unpaired) electrons. The van der Waals surface area contributed by atoms with Gasteiger partial charge in [-0.1, -0.05) is 129 Å². The fourth-order valence-corrected chi connectivity index (χ4v) is 7.86. The monoisotopic (exact) mass is 642 g/mol. The second kappa shape index (κ2) is 11.8. The van der Waals surface area contributed by atoms with Gasteiger partial charge in [-0.3, -0.25) is 0 Å². The first-order valence-corrected chi connectivity index (χ1v) is 17.4. The van der Waals surface area contributed by atoms with Crippen LogP contribution in [-0.2, 0) is 5.41 Å². The van der Waals surface area contributed by atoms with Gasteiger partial charge in [-0.15, -0.1) is 0 Å². The van der Waals surface area contributed by atoms with Gasteiger partial charge < -0.3 is 9.80 Å². The molecule has 0 N–H and O–H groups in total. The van der Waals surface area contributed by atoms with Crippen molar-refractivity contribution in [3.8, 4) is 11.1 Å². The average Bonchev–Trinajstić information content (AvgIpc) is 3.38. The summed E-state index contributed by atoms with van der Waals surface area (Å²) in [6.45, 7) is 6.90. The number of nitrogens with zero attached hydrogens (tertiary/aromatic N) is 2. The van der Waals surface area contributed by atoms with E-state index in [4.69, 9.17) is 0 Å². The second-order valence-corrected chi connectivity index (χ2v) is 14.0. The maximum Gasteiger partial charge on any atom is 0.0540 e. The summed E-state index contributed by atoms with van der Waals surface area (Å²) in [4.78, 5) is 4.81. The Morgan fingerprint density at radius 1 is 0.380 bits per heavy atom. The third-order valence-corrected chi connectivity index (χ3v) is 10.5. The minimum atomic E-state index is -0.208. The Bertz CT molecular complexity index is 2520. The van der Waals surface area contributed by atoms with Gasteiger partial charge in [0.15, 0.2) is 0 Å². The molecule has 0 saturated carbocycles. The molecule has 0 aromatic heterocycles. The number of hydrogen-bond donors (Lipinski definition) is 0. The molecule has 9 rings (SSSR count). The lowest BCUT2D eigenvalue weighted by atomic mass is 9.82. The number of fused-ring (bicyclic) bond motifs is 5. The molecule has 1 aliphatic carbocycles. The molecule has 0 aliphatic heterocycles. The standard InChI is InChI=1S/C48H38N2/c1-33-20-23-38(24-21-33)49(39-25-22-34-12-7-8-14-36(34)30-39)40-26-28-43-44-29-27-41(32-46(44)48(2,3)45(43)31-40)50(37-16-5-4-6-17-37)47-19-11-15-35-13-9-10-18-42(35)47/h4-32H,1-3H3. The molecule has 0 bridgehead atoms. The van der Waals surface area contributed by atoms with Crippen LogP contribution in [0.15, 0.2) is 176 Å². The second-order valence-electron chi connectivity index (χ2n) is 14.0. The van der Waals surface area contributed by atoms with Crippen molar-refractivity contribution in [1.82, 2.24) is 0 Å². The van der Waals surface area contributed by atoms with Gasteiger partial charge in [0.1, 0.15) is 0 Å². The molecule has 0 amide bonds. The van der Waals surface area contributed by atoms with Gasteiger partial charge in [0.25, 0.3) is 0 Å². The van der Waals surface area contributed by atoms with Crippen LogP contribution in [-0.4, -0.2) is 0 Å². The lowest BCUT2D eigenvalue weighted by Gasteiger charge is -2.29. The van der Waals surface area contributed by atoms with Crippen LogP contribution < -0.4 is 9.80 Å². The van der Waals surface area contributed by atoms with Crippen molar-refractivity contribution >= 4 is 55.7 Å². The Morgan fingerprint density at radius 2 is 0.900 bits per heavy atom. The van der Waals surface area contributed by atoms with Crippen LogP contribution in [0.1, 0.15) is 30.5 Å². The Labute approximate surface area is 294 Å². The molecule has 0 heterocycles. The molecule has 8 aromatic carbocycles. The molecule has 8 aromatic rings. The number of benzene rings is 8. The van der Waals surface area contributed by atoms with Crippen LogP contribution in [0.3, 0.4) is 0 Å². The maximum absolute atomic E-state index is 2.42. The van der Waals surface area contributed by atoms with Crippen LogP contribution in [0.4, 0.5) is 34.1 Å². The quantitative estimate of drug-likeness (QED) is 0.178. The third kappa shape index (κ3) is 4.95. The number of aryl methyl sites for hydroxylation is 1. The Kier molecular flexibility index (Phi) is 7.07. The van der Waals surface area contributed by atoms with E-state index in [1.165, 1.54) is 55.0 Å². The first-order valence-electron chi connectivity index (χ1n) is 17.4. The Hall–Kier alpha value is -6.12. The van der Waals surface area contributed by atoms with Gasteiger partial charge in [-0.2, -0.15) is 0 Å². The summed E-state index contributed by atoms with van der Waals surface area (Å²) in [6.07, 6.45) is 0. The highest BCUT2D eigenvalue weighted by molar-refractivity contribution is 5.99. The van der Waals surface area contributed by atoms with Crippen LogP contribution in [0.25, 0.3) is 32.7 Å². The van der Waals surface area contributed by atoms with Gasteiger partial charge in [0.2, 0.25) is 0 Å². The third-order valence-electron chi connectivity index (χ3n) is 10.5. The lowest BCUT2D eigenvalue weighted by Crippen LogP contribution is -2.17. The highest BCUT2D eigenvalue weighted by atomic mass is 15.1. The van der Waals surface area contributed by atoms with Crippen molar-refractivity contribution in [3.05, 3.63) is 193 Å². The minimum absolute atomic E-state index is 0.208. The van der Waals surface area contributed by atoms with Gasteiger partial charge >= 0.3 is 0 Å². The number of hydrogen-bond acceptors (Lipinski definition) is 2. The van der Waals surface area contributed by atoms with E-state index in [2.05, 4.69) is 206 Å². The van der Waals surface area contributed by atoms with Crippen molar-refractivity contribution in [3.63, 3.8) is 0 Å². The molecule has 50 heavy (non-hydrogen) atoms. The normalized spacial score (nSPS) is 12.9. The highest BCUT2D eigenvalue weighted by Gasteiger charge is 2.37. The summed E-state index contributed by atoms with van der Waals surface area (Å²) in [5, 5.41) is 4.94. The van der Waals surface area contributed by atoms with E-state index in [1.54, 1.807) is 0 Å². The zero-order valence-electron chi connectivity index (χ0n) is 28.6. The molecule has 0 atom stereocenters. The molecule has 2 nitrogen and oxygen atoms in total. The van der Waals surface area contributed by atoms with Crippen molar-refractivity contribution in [2.75, 3.05) is 9.80 Å². The molecular formula is C48H38N2. The molecule has 1 aliphatic rings. The van der Waals surface area contributed by atoms with E-state index in [0.717, 1.165) is 28.4 Å². The summed E-state index contributed by atoms with van der Waals surface area (Å²) in [5.74, 6) is 0. The van der Waals surface area contributed by atoms with Gasteiger partial charge in [0, 0.05) is 39.2 Å². The average molecular weight is 643 g/mol. The first-order chi connectivity index (χ1) is 24.5. The minimum Gasteiger partial charge on any atom is -0.310 e. The smallest absolute Gasteiger partial charge is 0.0540 e. The number of anilines is 6. The molecule has 240 valence electrons. The lowest BCUT2D eigenvalue weighted by molar-refractivity contribution is 0.660. The fraction of sp³-hybridized carbons (Fsp3) is 0.0833. The van der Waals surface area contributed by atoms with Crippen molar-refractivity contribution in [2.24, 2.45) is 0 Å². The molecule has 0 unspecified atom stereocenters. The van der Waals surface area contributed by atoms with Crippen molar-refractivity contribution in [1.29, 1.82) is 0 Å². The molecule has 0 fully saturated rings. The van der Waals surface area contributed by atoms with Crippen molar-refractivity contribution < 1.29 is 0 Å². The first kappa shape index (κ1) is 30.0. The Balaban J connectivity index is 1.17. The molecule has 2 heteroatoms. The van der Waals surface area contributed by atoms with E-state index in [-0.39, 0.29) is 5.41 Å². The zero-order chi connectivity index (χ0) is 33.8. The summed E-state index contributed by atoms with van der Waals surface area (Å²) in [7, 11) is 0. The van der Waals surface area contributed by atoms with E-state index in [0.29, 0.717) is 0 Å². The summed E-state index contributed by atoms with van der Waals surface area (Å²) in [6, 6.07) is 64.3. The predicted octanol–water partition coefficient (Wildman–Crippen LogP) is 13.5. The number of para-hydroxylation sites is 1. The maximum atomic E-state index is 2.42. The van der Waals surface area contributed by atoms with E-state index >= 15 is 0 Å². The highest BCUT2D eigenvalue weighted by Crippen LogP contribution is 2.52. The van der Waals surface area contributed by atoms with Crippen LogP contribution in [0.2, 0.25) is 0 Å². The van der Waals surface area contributed by atoms with Crippen molar-refractivity contribution in [2.45, 2.75) is 26.2 Å². The largest absolute Gasteiger partial charge is 0.310 e. The summed E-state index contributed by atoms with van der Waals surface area (Å²) in [5.41, 5.74) is 13.3. The molecule has 0 saturated heterocycles. The van der Waals surface area contributed by atoms with Gasteiger partial charge in [-0.05, 0) is 112 Å². The molecular weight excluding hydrogens is 605 g/mol. The van der Waals surface area contributed by atoms with Gasteiger partial charge in [0.05, 0.1) is 5.69 Å². The van der Waals surface area contributed by atoms with Crippen LogP contribution in [0.5, 0.6) is 0 Å².